The van der Waals surface area contributed by atoms with Crippen LogP contribution in [0.1, 0.15) is 17.0 Å². The van der Waals surface area contributed by atoms with Crippen LogP contribution in [-0.2, 0) is 11.4 Å². The highest BCUT2D eigenvalue weighted by Gasteiger charge is 2.11. The molecule has 1 N–H and O–H groups in total. The van der Waals surface area contributed by atoms with Crippen LogP contribution >= 0.6 is 0 Å². The maximum atomic E-state index is 13.7. The lowest BCUT2D eigenvalue weighted by atomic mass is 10.2. The quantitative estimate of drug-likeness (QED) is 0.844. The number of halogens is 1. The fourth-order valence-corrected chi connectivity index (χ4v) is 1.49. The van der Waals surface area contributed by atoms with Gasteiger partial charge in [0.15, 0.2) is 11.6 Å². The summed E-state index contributed by atoms with van der Waals surface area (Å²) in [5, 5.41) is 15.8. The number of aromatic nitrogens is 2. The molecule has 0 bridgehead atoms. The lowest BCUT2D eigenvalue weighted by Crippen LogP contribution is -2.01. The van der Waals surface area contributed by atoms with Crippen molar-refractivity contribution >= 4 is 12.0 Å². The van der Waals surface area contributed by atoms with Crippen molar-refractivity contribution in [3.63, 3.8) is 0 Å². The zero-order valence-corrected chi connectivity index (χ0v) is 10.5. The molecule has 0 fully saturated rings. The first-order chi connectivity index (χ1) is 9.58. The Labute approximate surface area is 113 Å². The summed E-state index contributed by atoms with van der Waals surface area (Å²) >= 11 is 0. The molecule has 0 aliphatic rings. The van der Waals surface area contributed by atoms with E-state index in [0.29, 0.717) is 17.0 Å². The van der Waals surface area contributed by atoms with E-state index < -0.39 is 11.8 Å². The second-order valence-electron chi connectivity index (χ2n) is 3.91. The summed E-state index contributed by atoms with van der Waals surface area (Å²) in [7, 11) is 0. The van der Waals surface area contributed by atoms with Gasteiger partial charge in [0.05, 0.1) is 0 Å². The van der Waals surface area contributed by atoms with Gasteiger partial charge in [-0.3, -0.25) is 0 Å². The third-order valence-corrected chi connectivity index (χ3v) is 2.50. The van der Waals surface area contributed by atoms with Crippen LogP contribution in [0.2, 0.25) is 0 Å². The lowest BCUT2D eigenvalue weighted by Gasteiger charge is -2.08. The van der Waals surface area contributed by atoms with Crippen molar-refractivity contribution in [3.05, 3.63) is 47.0 Å². The largest absolute Gasteiger partial charge is 0.483 e. The molecular formula is C13H11FN2O4. The van der Waals surface area contributed by atoms with E-state index >= 15 is 0 Å². The fourth-order valence-electron chi connectivity index (χ4n) is 1.49. The first kappa shape index (κ1) is 13.7. The molecule has 0 spiro atoms. The molecule has 0 aliphatic heterocycles. The Morgan fingerprint density at radius 2 is 2.30 bits per heavy atom. The summed E-state index contributed by atoms with van der Waals surface area (Å²) in [5.74, 6) is -1.77. The number of para-hydroxylation sites is 1. The Bertz CT molecular complexity index is 652. The van der Waals surface area contributed by atoms with Crippen molar-refractivity contribution in [1.29, 1.82) is 0 Å². The normalized spacial score (nSPS) is 10.9. The van der Waals surface area contributed by atoms with Gasteiger partial charge in [-0.15, -0.1) is 0 Å². The Morgan fingerprint density at radius 1 is 1.50 bits per heavy atom. The maximum absolute atomic E-state index is 13.7. The molecule has 104 valence electrons. The summed E-state index contributed by atoms with van der Waals surface area (Å²) in [6, 6.07) is 4.24. The fraction of sp³-hybridized carbons (Fsp3) is 0.154. The Morgan fingerprint density at radius 3 is 2.95 bits per heavy atom. The Kier molecular flexibility index (Phi) is 4.09. The standard InChI is InChI=1S/C13H11FN2O4/c1-8-11(16-20-15-8)7-19-13-9(5-6-12(17)18)3-2-4-10(13)14/h2-6H,7H2,1H3,(H,17,18)/b6-5+. The number of carboxylic acids is 1. The zero-order chi connectivity index (χ0) is 14.5. The van der Waals surface area contributed by atoms with Gasteiger partial charge >= 0.3 is 5.97 Å². The van der Waals surface area contributed by atoms with Crippen molar-refractivity contribution in [2.45, 2.75) is 13.5 Å². The van der Waals surface area contributed by atoms with Crippen molar-refractivity contribution in [2.75, 3.05) is 0 Å². The number of aliphatic carboxylic acids is 1. The predicted molar refractivity (Wildman–Crippen MR) is 66.4 cm³/mol. The van der Waals surface area contributed by atoms with Crippen LogP contribution in [0.4, 0.5) is 4.39 Å². The molecule has 2 aromatic rings. The molecule has 1 heterocycles. The molecule has 0 saturated carbocycles. The zero-order valence-electron chi connectivity index (χ0n) is 10.5. The molecule has 1 aromatic carbocycles. The van der Waals surface area contributed by atoms with Crippen LogP contribution in [0.3, 0.4) is 0 Å². The van der Waals surface area contributed by atoms with Gasteiger partial charge in [-0.1, -0.05) is 22.4 Å². The summed E-state index contributed by atoms with van der Waals surface area (Å²) in [6.07, 6.45) is 2.17. The Balaban J connectivity index is 2.22. The molecule has 0 radical (unpaired) electrons. The second-order valence-corrected chi connectivity index (χ2v) is 3.91. The summed E-state index contributed by atoms with van der Waals surface area (Å²) in [4.78, 5) is 10.5. The summed E-state index contributed by atoms with van der Waals surface area (Å²) < 4.78 is 23.6. The third kappa shape index (κ3) is 3.19. The number of carbonyl (C=O) groups is 1. The van der Waals surface area contributed by atoms with Gasteiger partial charge in [0, 0.05) is 11.6 Å². The van der Waals surface area contributed by atoms with Crippen molar-refractivity contribution in [3.8, 4) is 5.75 Å². The van der Waals surface area contributed by atoms with Gasteiger partial charge < -0.3 is 9.84 Å². The molecule has 7 heteroatoms. The van der Waals surface area contributed by atoms with Gasteiger partial charge in [-0.05, 0) is 19.1 Å². The number of ether oxygens (including phenoxy) is 1. The second kappa shape index (κ2) is 5.96. The number of aryl methyl sites for hydroxylation is 1. The Hall–Kier alpha value is -2.70. The third-order valence-electron chi connectivity index (χ3n) is 2.50. The molecule has 0 atom stereocenters. The average Bonchev–Trinajstić information content (AvgIpc) is 2.81. The van der Waals surface area contributed by atoms with E-state index in [0.717, 1.165) is 6.08 Å². The van der Waals surface area contributed by atoms with Crippen LogP contribution in [0.15, 0.2) is 28.9 Å². The molecule has 0 unspecified atom stereocenters. The molecule has 0 amide bonds. The SMILES string of the molecule is Cc1nonc1COc1c(F)cccc1/C=C/C(=O)O. The van der Waals surface area contributed by atoms with E-state index in [1.807, 2.05) is 0 Å². The molecular weight excluding hydrogens is 267 g/mol. The van der Waals surface area contributed by atoms with E-state index in [1.165, 1.54) is 18.2 Å². The van der Waals surface area contributed by atoms with E-state index in [2.05, 4.69) is 14.9 Å². The number of benzene rings is 1. The first-order valence-corrected chi connectivity index (χ1v) is 5.68. The minimum atomic E-state index is -1.13. The summed E-state index contributed by atoms with van der Waals surface area (Å²) in [6.45, 7) is 1.66. The lowest BCUT2D eigenvalue weighted by molar-refractivity contribution is -0.131. The molecule has 6 nitrogen and oxygen atoms in total. The first-order valence-electron chi connectivity index (χ1n) is 5.68. The van der Waals surface area contributed by atoms with Gasteiger partial charge in [0.25, 0.3) is 0 Å². The monoisotopic (exact) mass is 278 g/mol. The number of hydrogen-bond acceptors (Lipinski definition) is 5. The van der Waals surface area contributed by atoms with E-state index in [-0.39, 0.29) is 12.4 Å². The van der Waals surface area contributed by atoms with Crippen LogP contribution in [0.5, 0.6) is 5.75 Å². The number of carboxylic acid groups (broad SMARTS) is 1. The highest BCUT2D eigenvalue weighted by atomic mass is 19.1. The van der Waals surface area contributed by atoms with Crippen LogP contribution < -0.4 is 4.74 Å². The summed E-state index contributed by atoms with van der Waals surface area (Å²) in [5.41, 5.74) is 1.31. The minimum Gasteiger partial charge on any atom is -0.483 e. The van der Waals surface area contributed by atoms with Crippen molar-refractivity contribution in [1.82, 2.24) is 10.3 Å². The van der Waals surface area contributed by atoms with Crippen LogP contribution in [-0.4, -0.2) is 21.4 Å². The molecule has 0 saturated heterocycles. The highest BCUT2D eigenvalue weighted by molar-refractivity contribution is 5.85. The smallest absolute Gasteiger partial charge is 0.328 e. The van der Waals surface area contributed by atoms with E-state index in [1.54, 1.807) is 13.0 Å². The minimum absolute atomic E-state index is 0.0236. The van der Waals surface area contributed by atoms with Crippen LogP contribution in [0, 0.1) is 12.7 Å². The number of rotatable bonds is 5. The van der Waals surface area contributed by atoms with Gasteiger partial charge in [-0.25, -0.2) is 13.8 Å². The van der Waals surface area contributed by atoms with Crippen molar-refractivity contribution < 1.29 is 23.7 Å². The highest BCUT2D eigenvalue weighted by Crippen LogP contribution is 2.25. The number of hydrogen-bond donors (Lipinski definition) is 1. The molecule has 0 aliphatic carbocycles. The predicted octanol–water partition coefficient (Wildman–Crippen LogP) is 2.19. The molecule has 2 rings (SSSR count). The average molecular weight is 278 g/mol. The molecule has 20 heavy (non-hydrogen) atoms. The van der Waals surface area contributed by atoms with Crippen LogP contribution in [0.25, 0.3) is 6.08 Å². The maximum Gasteiger partial charge on any atom is 0.328 e. The van der Waals surface area contributed by atoms with E-state index in [9.17, 15) is 9.18 Å². The van der Waals surface area contributed by atoms with Crippen molar-refractivity contribution in [2.24, 2.45) is 0 Å². The van der Waals surface area contributed by atoms with E-state index in [4.69, 9.17) is 9.84 Å². The van der Waals surface area contributed by atoms with Gasteiger partial charge in [0.1, 0.15) is 18.0 Å². The topological polar surface area (TPSA) is 85.5 Å². The number of nitrogens with zero attached hydrogens (tertiary/aromatic N) is 2. The molecule has 1 aromatic heterocycles. The van der Waals surface area contributed by atoms with Gasteiger partial charge in [0.2, 0.25) is 0 Å². The van der Waals surface area contributed by atoms with Gasteiger partial charge in [-0.2, -0.15) is 0 Å².